The first-order valence-electron chi connectivity index (χ1n) is 11.6. The van der Waals surface area contributed by atoms with Gasteiger partial charge in [-0.15, -0.1) is 0 Å². The van der Waals surface area contributed by atoms with Gasteiger partial charge in [0.05, 0.1) is 12.2 Å². The minimum atomic E-state index is -1.13. The van der Waals surface area contributed by atoms with Gasteiger partial charge in [0, 0.05) is 23.6 Å². The lowest BCUT2D eigenvalue weighted by Gasteiger charge is -2.38. The molecule has 166 valence electrons. The third-order valence-corrected chi connectivity index (χ3v) is 7.06. The monoisotopic (exact) mass is 444 g/mol. The molecule has 34 heavy (non-hydrogen) atoms. The molecule has 1 fully saturated rings. The van der Waals surface area contributed by atoms with E-state index >= 15 is 0 Å². The molecule has 2 atom stereocenters. The van der Waals surface area contributed by atoms with Crippen LogP contribution in [0.3, 0.4) is 0 Å². The first-order valence-corrected chi connectivity index (χ1v) is 11.6. The predicted molar refractivity (Wildman–Crippen MR) is 133 cm³/mol. The summed E-state index contributed by atoms with van der Waals surface area (Å²) in [6.07, 6.45) is 0.276. The summed E-state index contributed by atoms with van der Waals surface area (Å²) >= 11 is 0. The van der Waals surface area contributed by atoms with E-state index in [1.165, 1.54) is 0 Å². The molecule has 4 aromatic rings. The van der Waals surface area contributed by atoms with E-state index in [9.17, 15) is 9.59 Å². The molecule has 2 amide bonds. The van der Waals surface area contributed by atoms with Crippen molar-refractivity contribution in [2.24, 2.45) is 0 Å². The average molecular weight is 445 g/mol. The normalized spacial score (nSPS) is 21.4. The predicted octanol–water partition coefficient (Wildman–Crippen LogP) is 5.65. The van der Waals surface area contributed by atoms with Gasteiger partial charge in [-0.1, -0.05) is 97.1 Å². The van der Waals surface area contributed by atoms with Crippen LogP contribution in [0.5, 0.6) is 0 Å². The Morgan fingerprint density at radius 2 is 1.29 bits per heavy atom. The highest BCUT2D eigenvalue weighted by atomic mass is 16.2. The third kappa shape index (κ3) is 2.92. The fourth-order valence-electron chi connectivity index (χ4n) is 5.67. The smallest absolute Gasteiger partial charge is 0.259 e. The minimum Gasteiger partial charge on any atom is -0.305 e. The number of nitrogens with zero attached hydrogens (tertiary/aromatic N) is 2. The topological polar surface area (TPSA) is 40.6 Å². The van der Waals surface area contributed by atoms with E-state index in [0.29, 0.717) is 6.54 Å². The first kappa shape index (κ1) is 20.4. The van der Waals surface area contributed by atoms with Crippen molar-refractivity contribution in [3.63, 3.8) is 0 Å². The van der Waals surface area contributed by atoms with Crippen LogP contribution in [0, 0.1) is 0 Å². The lowest BCUT2D eigenvalue weighted by Crippen LogP contribution is -2.53. The number of rotatable bonds is 4. The van der Waals surface area contributed by atoms with Crippen LogP contribution in [0.4, 0.5) is 11.4 Å². The SMILES string of the molecule is O=C1C[C@@H](c2ccccc2)[C@@]2(C(=O)N(Cc3ccccc3)c3ccccc32)N1c1ccccc1. The summed E-state index contributed by atoms with van der Waals surface area (Å²) in [5, 5.41) is 0. The van der Waals surface area contributed by atoms with Crippen molar-refractivity contribution in [3.8, 4) is 0 Å². The van der Waals surface area contributed by atoms with Gasteiger partial charge in [-0.2, -0.15) is 0 Å². The van der Waals surface area contributed by atoms with E-state index in [1.807, 2.05) is 120 Å². The average Bonchev–Trinajstić information content (AvgIpc) is 3.33. The molecule has 0 aliphatic carbocycles. The van der Waals surface area contributed by atoms with Crippen molar-refractivity contribution >= 4 is 23.2 Å². The molecule has 0 saturated carbocycles. The molecule has 2 aliphatic rings. The standard InChI is InChI=1S/C30H24N2O2/c33-28-20-26(23-14-6-2-7-15-23)30(32(28)24-16-8-3-9-17-24)25-18-10-11-19-27(25)31(29(30)34)21-22-12-4-1-5-13-22/h1-19,26H,20-21H2/t26-,30-/m0/s1. The highest BCUT2D eigenvalue weighted by Crippen LogP contribution is 2.58. The number of fused-ring (bicyclic) bond motifs is 2. The number of benzene rings is 4. The summed E-state index contributed by atoms with van der Waals surface area (Å²) in [5.74, 6) is -0.387. The van der Waals surface area contributed by atoms with Crippen molar-refractivity contribution < 1.29 is 9.59 Å². The lowest BCUT2D eigenvalue weighted by molar-refractivity contribution is -0.125. The van der Waals surface area contributed by atoms with E-state index in [4.69, 9.17) is 0 Å². The fraction of sp³-hybridized carbons (Fsp3) is 0.133. The van der Waals surface area contributed by atoms with Crippen molar-refractivity contribution in [1.29, 1.82) is 0 Å². The van der Waals surface area contributed by atoms with E-state index in [-0.39, 0.29) is 24.2 Å². The van der Waals surface area contributed by atoms with Crippen molar-refractivity contribution in [1.82, 2.24) is 0 Å². The molecule has 2 heterocycles. The molecule has 0 unspecified atom stereocenters. The molecule has 0 bridgehead atoms. The molecule has 4 nitrogen and oxygen atoms in total. The summed E-state index contributed by atoms with van der Waals surface area (Å²) in [4.78, 5) is 31.9. The van der Waals surface area contributed by atoms with Gasteiger partial charge in [0.25, 0.3) is 5.91 Å². The molecule has 1 saturated heterocycles. The second kappa shape index (κ2) is 7.99. The molecule has 1 spiro atoms. The highest BCUT2D eigenvalue weighted by molar-refractivity contribution is 6.17. The summed E-state index contributed by atoms with van der Waals surface area (Å²) in [6.45, 7) is 0.455. The molecule has 0 N–H and O–H groups in total. The molecule has 6 rings (SSSR count). The van der Waals surface area contributed by atoms with Gasteiger partial charge in [-0.05, 0) is 29.3 Å². The minimum absolute atomic E-state index is 0.0373. The van der Waals surface area contributed by atoms with Crippen LogP contribution in [0.15, 0.2) is 115 Å². The summed E-state index contributed by atoms with van der Waals surface area (Å²) in [5.41, 5.74) is 3.42. The van der Waals surface area contributed by atoms with Crippen molar-refractivity contribution in [2.75, 3.05) is 9.80 Å². The van der Waals surface area contributed by atoms with Gasteiger partial charge < -0.3 is 4.90 Å². The van der Waals surface area contributed by atoms with Gasteiger partial charge in [-0.25, -0.2) is 0 Å². The molecular weight excluding hydrogens is 420 g/mol. The van der Waals surface area contributed by atoms with Crippen LogP contribution in [-0.4, -0.2) is 11.8 Å². The Morgan fingerprint density at radius 1 is 0.706 bits per heavy atom. The zero-order chi connectivity index (χ0) is 23.1. The van der Waals surface area contributed by atoms with Crippen LogP contribution in [0.25, 0.3) is 0 Å². The molecule has 2 aliphatic heterocycles. The maximum atomic E-state index is 14.6. The molecule has 4 aromatic carbocycles. The van der Waals surface area contributed by atoms with Gasteiger partial charge in [0.15, 0.2) is 5.54 Å². The Morgan fingerprint density at radius 3 is 2.00 bits per heavy atom. The van der Waals surface area contributed by atoms with E-state index in [1.54, 1.807) is 4.90 Å². The second-order valence-corrected chi connectivity index (χ2v) is 8.89. The summed E-state index contributed by atoms with van der Waals surface area (Å²) in [7, 11) is 0. The summed E-state index contributed by atoms with van der Waals surface area (Å²) in [6, 6.07) is 37.5. The number of anilines is 2. The maximum Gasteiger partial charge on any atom is 0.259 e. The number of hydrogen-bond acceptors (Lipinski definition) is 2. The fourth-order valence-corrected chi connectivity index (χ4v) is 5.67. The number of carbonyl (C=O) groups is 2. The van der Waals surface area contributed by atoms with Crippen LogP contribution >= 0.6 is 0 Å². The quantitative estimate of drug-likeness (QED) is 0.408. The highest BCUT2D eigenvalue weighted by Gasteiger charge is 2.65. The number of carbonyl (C=O) groups excluding carboxylic acids is 2. The Bertz CT molecular complexity index is 1350. The number of amides is 2. The Kier molecular flexibility index (Phi) is 4.80. The first-order chi connectivity index (χ1) is 16.7. The number of para-hydroxylation sites is 2. The zero-order valence-corrected chi connectivity index (χ0v) is 18.7. The lowest BCUT2D eigenvalue weighted by atomic mass is 9.75. The second-order valence-electron chi connectivity index (χ2n) is 8.89. The van der Waals surface area contributed by atoms with Crippen molar-refractivity contribution in [2.45, 2.75) is 24.4 Å². The number of hydrogen-bond donors (Lipinski definition) is 0. The van der Waals surface area contributed by atoms with Gasteiger partial charge in [-0.3, -0.25) is 14.5 Å². The molecule has 0 radical (unpaired) electrons. The zero-order valence-electron chi connectivity index (χ0n) is 18.7. The largest absolute Gasteiger partial charge is 0.305 e. The molecule has 4 heteroatoms. The Labute approximate surface area is 199 Å². The molecule has 0 aromatic heterocycles. The van der Waals surface area contributed by atoms with E-state index in [2.05, 4.69) is 0 Å². The van der Waals surface area contributed by atoms with E-state index in [0.717, 1.165) is 28.1 Å². The summed E-state index contributed by atoms with van der Waals surface area (Å²) < 4.78 is 0. The molecular formula is C30H24N2O2. The van der Waals surface area contributed by atoms with Crippen LogP contribution < -0.4 is 9.80 Å². The van der Waals surface area contributed by atoms with Gasteiger partial charge in [0.2, 0.25) is 5.91 Å². The third-order valence-electron chi connectivity index (χ3n) is 7.06. The Balaban J connectivity index is 1.60. The van der Waals surface area contributed by atoms with Crippen LogP contribution in [-0.2, 0) is 21.7 Å². The van der Waals surface area contributed by atoms with E-state index < -0.39 is 5.54 Å². The maximum absolute atomic E-state index is 14.6. The van der Waals surface area contributed by atoms with Gasteiger partial charge in [0.1, 0.15) is 0 Å². The Hall–Kier alpha value is -4.18. The van der Waals surface area contributed by atoms with Gasteiger partial charge >= 0.3 is 0 Å². The van der Waals surface area contributed by atoms with Crippen LogP contribution in [0.1, 0.15) is 29.0 Å². The van der Waals surface area contributed by atoms with Crippen LogP contribution in [0.2, 0.25) is 0 Å². The van der Waals surface area contributed by atoms with Crippen molar-refractivity contribution in [3.05, 3.63) is 132 Å².